The number of hydrogen-bond donors (Lipinski definition) is 2. The minimum Gasteiger partial charge on any atom is -0.478 e. The normalized spacial score (nSPS) is 24.0. The van der Waals surface area contributed by atoms with Crippen LogP contribution in [-0.4, -0.2) is 64.5 Å². The highest BCUT2D eigenvalue weighted by Crippen LogP contribution is 2.41. The largest absolute Gasteiger partial charge is 0.478 e. The van der Waals surface area contributed by atoms with Crippen LogP contribution < -0.4 is 5.32 Å². The number of esters is 1. The van der Waals surface area contributed by atoms with E-state index in [4.69, 9.17) is 9.73 Å². The molecule has 1 atom stereocenters. The first kappa shape index (κ1) is 30.8. The number of sulfonamides is 1. The zero-order valence-corrected chi connectivity index (χ0v) is 26.6. The molecule has 3 heterocycles. The van der Waals surface area contributed by atoms with Crippen molar-refractivity contribution >= 4 is 55.1 Å². The van der Waals surface area contributed by atoms with E-state index in [0.29, 0.717) is 39.4 Å². The van der Waals surface area contributed by atoms with Gasteiger partial charge in [0.15, 0.2) is 10.8 Å². The highest BCUT2D eigenvalue weighted by Gasteiger charge is 2.47. The number of halogens is 2. The molecule has 3 aliphatic rings. The SMILES string of the molecule is CC(C)(C)OC(=O)C1CC(S(=O)(=O)N2CCC(C3=C(C(=O)O)C(c4ccc(F)cc4Br)N=C(c4nccs4)N3)CC2)C1. The fourth-order valence-corrected chi connectivity index (χ4v) is 8.76. The van der Waals surface area contributed by atoms with Gasteiger partial charge in [-0.1, -0.05) is 22.0 Å². The van der Waals surface area contributed by atoms with Gasteiger partial charge in [-0.05, 0) is 64.2 Å². The average molecular weight is 684 g/mol. The average Bonchev–Trinajstić information content (AvgIpc) is 3.41. The van der Waals surface area contributed by atoms with Gasteiger partial charge in [0, 0.05) is 40.8 Å². The Labute approximate surface area is 256 Å². The summed E-state index contributed by atoms with van der Waals surface area (Å²) in [4.78, 5) is 34.1. The van der Waals surface area contributed by atoms with Gasteiger partial charge in [-0.25, -0.2) is 26.9 Å². The minimum atomic E-state index is -3.63. The lowest BCUT2D eigenvalue weighted by Gasteiger charge is -2.40. The molecule has 42 heavy (non-hydrogen) atoms. The minimum absolute atomic E-state index is 0.0307. The van der Waals surface area contributed by atoms with Gasteiger partial charge in [0.05, 0.1) is 16.7 Å². The summed E-state index contributed by atoms with van der Waals surface area (Å²) in [6, 6.07) is 3.11. The van der Waals surface area contributed by atoms with E-state index in [1.165, 1.54) is 33.8 Å². The first-order chi connectivity index (χ1) is 19.7. The predicted octanol–water partition coefficient (Wildman–Crippen LogP) is 4.64. The summed E-state index contributed by atoms with van der Waals surface area (Å²) in [5.74, 6) is -2.32. The van der Waals surface area contributed by atoms with Gasteiger partial charge < -0.3 is 15.2 Å². The molecule has 2 aliphatic heterocycles. The van der Waals surface area contributed by atoms with E-state index < -0.39 is 44.6 Å². The van der Waals surface area contributed by atoms with Crippen LogP contribution in [0.1, 0.15) is 63.1 Å². The van der Waals surface area contributed by atoms with Crippen LogP contribution in [0.5, 0.6) is 0 Å². The Morgan fingerprint density at radius 1 is 1.21 bits per heavy atom. The monoisotopic (exact) mass is 682 g/mol. The molecule has 2 N–H and O–H groups in total. The van der Waals surface area contributed by atoms with Gasteiger partial charge in [-0.3, -0.25) is 9.79 Å². The molecule has 10 nitrogen and oxygen atoms in total. The van der Waals surface area contributed by atoms with Crippen molar-refractivity contribution in [1.29, 1.82) is 0 Å². The van der Waals surface area contributed by atoms with Crippen molar-refractivity contribution < 1.29 is 32.2 Å². The summed E-state index contributed by atoms with van der Waals surface area (Å²) in [6.45, 7) is 5.77. The van der Waals surface area contributed by atoms with Crippen molar-refractivity contribution in [3.05, 3.63) is 61.9 Å². The van der Waals surface area contributed by atoms with Crippen LogP contribution >= 0.6 is 27.3 Å². The predicted molar refractivity (Wildman–Crippen MR) is 159 cm³/mol. The lowest BCUT2D eigenvalue weighted by Crippen LogP contribution is -2.50. The zero-order valence-electron chi connectivity index (χ0n) is 23.3. The number of ether oxygens (including phenoxy) is 1. The molecule has 2 fully saturated rings. The second-order valence-corrected chi connectivity index (χ2v) is 15.6. The van der Waals surface area contributed by atoms with Crippen molar-refractivity contribution in [1.82, 2.24) is 14.6 Å². The summed E-state index contributed by atoms with van der Waals surface area (Å²) >= 11 is 4.71. The van der Waals surface area contributed by atoms with E-state index in [1.807, 2.05) is 0 Å². The Kier molecular flexibility index (Phi) is 8.63. The number of carboxylic acid groups (broad SMARTS) is 1. The number of hydrogen-bond acceptors (Lipinski definition) is 9. The number of nitrogens with one attached hydrogen (secondary N) is 1. The second kappa shape index (κ2) is 11.8. The number of benzene rings is 1. The lowest BCUT2D eigenvalue weighted by molar-refractivity contribution is -0.162. The van der Waals surface area contributed by atoms with Crippen molar-refractivity contribution in [3.8, 4) is 0 Å². The van der Waals surface area contributed by atoms with Crippen molar-refractivity contribution in [2.24, 2.45) is 16.8 Å². The number of allylic oxidation sites excluding steroid dienone is 1. The molecule has 5 rings (SSSR count). The van der Waals surface area contributed by atoms with Crippen LogP contribution in [0.25, 0.3) is 0 Å². The third-order valence-electron chi connectivity index (χ3n) is 7.68. The van der Waals surface area contributed by atoms with Crippen molar-refractivity contribution in [2.45, 2.75) is 63.3 Å². The molecule has 1 unspecified atom stereocenters. The Balaban J connectivity index is 1.35. The number of amidine groups is 1. The Morgan fingerprint density at radius 3 is 2.48 bits per heavy atom. The first-order valence-electron chi connectivity index (χ1n) is 13.6. The van der Waals surface area contributed by atoms with Gasteiger partial charge in [-0.2, -0.15) is 0 Å². The summed E-state index contributed by atoms with van der Waals surface area (Å²) < 4.78 is 47.9. The number of carbonyl (C=O) groups excluding carboxylic acids is 1. The van der Waals surface area contributed by atoms with Crippen LogP contribution in [0.3, 0.4) is 0 Å². The molecule has 1 saturated carbocycles. The number of rotatable bonds is 7. The quantitative estimate of drug-likeness (QED) is 0.403. The molecule has 0 amide bonds. The molecule has 1 aromatic carbocycles. The molecule has 1 saturated heterocycles. The van der Waals surface area contributed by atoms with Gasteiger partial charge in [0.25, 0.3) is 0 Å². The first-order valence-corrected chi connectivity index (χ1v) is 16.8. The number of thiazole rings is 1. The Bertz CT molecular complexity index is 1540. The summed E-state index contributed by atoms with van der Waals surface area (Å²) in [7, 11) is -3.63. The Hall–Kier alpha value is -2.68. The number of piperidine rings is 1. The van der Waals surface area contributed by atoms with E-state index in [2.05, 4.69) is 26.2 Å². The van der Waals surface area contributed by atoms with Crippen LogP contribution in [0.4, 0.5) is 4.39 Å². The topological polar surface area (TPSA) is 138 Å². The smallest absolute Gasteiger partial charge is 0.335 e. The van der Waals surface area contributed by atoms with E-state index in [9.17, 15) is 27.5 Å². The third-order valence-corrected chi connectivity index (χ3v) is 11.5. The number of carbonyl (C=O) groups is 2. The molecule has 14 heteroatoms. The molecule has 0 spiro atoms. The van der Waals surface area contributed by atoms with Gasteiger partial charge >= 0.3 is 11.9 Å². The number of aliphatic carboxylic acids is 1. The maximum absolute atomic E-state index is 13.9. The van der Waals surface area contributed by atoms with Crippen molar-refractivity contribution in [2.75, 3.05) is 13.1 Å². The van der Waals surface area contributed by atoms with Crippen LogP contribution in [0.2, 0.25) is 0 Å². The van der Waals surface area contributed by atoms with Crippen LogP contribution in [-0.2, 0) is 24.3 Å². The maximum Gasteiger partial charge on any atom is 0.335 e. The second-order valence-electron chi connectivity index (χ2n) is 11.7. The molecule has 1 aromatic heterocycles. The van der Waals surface area contributed by atoms with Crippen LogP contribution in [0.15, 0.2) is 50.5 Å². The lowest BCUT2D eigenvalue weighted by atomic mass is 9.85. The van der Waals surface area contributed by atoms with E-state index in [-0.39, 0.29) is 43.4 Å². The highest BCUT2D eigenvalue weighted by atomic mass is 79.9. The molecule has 1 aliphatic carbocycles. The number of aliphatic imine (C=N–C) groups is 1. The fraction of sp³-hybridized carbons (Fsp3) is 0.500. The standard InChI is InChI=1S/C28H32BrFN4O6S2/c1-28(2,3)40-27(37)16-12-18(13-16)42(38,39)34-9-6-15(7-10-34)22-21(26(35)36)23(19-5-4-17(30)14-20(19)29)33-24(32-22)25-31-8-11-41-25/h4-5,8,11,14-16,18,23H,6-7,9-10,12-13H2,1-3H3,(H,32,33)(H,35,36). The van der Waals surface area contributed by atoms with Gasteiger partial charge in [0.2, 0.25) is 10.0 Å². The summed E-state index contributed by atoms with van der Waals surface area (Å²) in [5, 5.41) is 15.3. The summed E-state index contributed by atoms with van der Waals surface area (Å²) in [6.07, 6.45) is 2.87. The van der Waals surface area contributed by atoms with E-state index in [1.54, 1.807) is 32.3 Å². The fourth-order valence-electron chi connectivity index (χ4n) is 5.52. The molecule has 2 aromatic rings. The zero-order chi connectivity index (χ0) is 30.4. The highest BCUT2D eigenvalue weighted by molar-refractivity contribution is 9.10. The van der Waals surface area contributed by atoms with Gasteiger partial charge in [-0.15, -0.1) is 11.3 Å². The molecular formula is C28H32BrFN4O6S2. The Morgan fingerprint density at radius 2 is 1.90 bits per heavy atom. The third kappa shape index (κ3) is 6.31. The molecule has 226 valence electrons. The molecule has 0 bridgehead atoms. The molecule has 0 radical (unpaired) electrons. The van der Waals surface area contributed by atoms with E-state index in [0.717, 1.165) is 0 Å². The van der Waals surface area contributed by atoms with Gasteiger partial charge in [0.1, 0.15) is 17.5 Å². The van der Waals surface area contributed by atoms with Crippen LogP contribution in [0, 0.1) is 17.7 Å². The number of carboxylic acids is 1. The molecular weight excluding hydrogens is 651 g/mol. The number of nitrogens with zero attached hydrogens (tertiary/aromatic N) is 3. The maximum atomic E-state index is 13.9. The van der Waals surface area contributed by atoms with Crippen molar-refractivity contribution in [3.63, 3.8) is 0 Å². The van der Waals surface area contributed by atoms with E-state index >= 15 is 0 Å². The number of aromatic nitrogens is 1. The summed E-state index contributed by atoms with van der Waals surface area (Å²) in [5.41, 5.74) is 0.347.